The number of carbonyl (C=O) groups is 2. The number of para-hydroxylation sites is 1. The first-order valence-electron chi connectivity index (χ1n) is 7.90. The lowest BCUT2D eigenvalue weighted by atomic mass is 10.2. The van der Waals surface area contributed by atoms with E-state index in [1.54, 1.807) is 15.9 Å². The fourth-order valence-electron chi connectivity index (χ4n) is 2.69. The second-order valence-electron chi connectivity index (χ2n) is 5.58. The molecule has 0 aliphatic carbocycles. The van der Waals surface area contributed by atoms with Crippen molar-refractivity contribution in [3.8, 4) is 0 Å². The number of hydrogen-bond donors (Lipinski definition) is 0. The summed E-state index contributed by atoms with van der Waals surface area (Å²) in [7, 11) is 0. The Kier molecular flexibility index (Phi) is 5.05. The maximum absolute atomic E-state index is 12.7. The highest BCUT2D eigenvalue weighted by Gasteiger charge is 2.25. The Balaban J connectivity index is 1.72. The van der Waals surface area contributed by atoms with Crippen LogP contribution in [0.5, 0.6) is 0 Å². The summed E-state index contributed by atoms with van der Waals surface area (Å²) in [6.45, 7) is 4.89. The SMILES string of the molecule is C=CCN(C(=O)Cc1csc(N2CCCC2=O)n1)c1ccccc1. The Bertz CT molecular complexity index is 742. The van der Waals surface area contributed by atoms with E-state index in [9.17, 15) is 9.59 Å². The summed E-state index contributed by atoms with van der Waals surface area (Å²) in [6, 6.07) is 9.52. The van der Waals surface area contributed by atoms with Crippen LogP contribution >= 0.6 is 11.3 Å². The first kappa shape index (κ1) is 16.4. The molecule has 124 valence electrons. The van der Waals surface area contributed by atoms with Crippen molar-refractivity contribution in [3.63, 3.8) is 0 Å². The molecule has 0 atom stereocenters. The molecule has 5 nitrogen and oxygen atoms in total. The molecule has 1 fully saturated rings. The zero-order chi connectivity index (χ0) is 16.9. The summed E-state index contributed by atoms with van der Waals surface area (Å²) in [5.41, 5.74) is 1.54. The molecule has 6 heteroatoms. The summed E-state index contributed by atoms with van der Waals surface area (Å²) >= 11 is 1.42. The van der Waals surface area contributed by atoms with Crippen molar-refractivity contribution in [2.45, 2.75) is 19.3 Å². The standard InChI is InChI=1S/C18H19N3O2S/c1-2-10-20(15-7-4-3-5-8-15)17(23)12-14-13-24-18(19-14)21-11-6-9-16(21)22/h2-5,7-8,13H,1,6,9-12H2. The Hall–Kier alpha value is -2.47. The second kappa shape index (κ2) is 7.40. The molecule has 1 saturated heterocycles. The van der Waals surface area contributed by atoms with Gasteiger partial charge in [0.1, 0.15) is 0 Å². The highest BCUT2D eigenvalue weighted by atomic mass is 32.1. The lowest BCUT2D eigenvalue weighted by Gasteiger charge is -2.20. The minimum Gasteiger partial charge on any atom is -0.308 e. The molecule has 0 spiro atoms. The first-order chi connectivity index (χ1) is 11.7. The van der Waals surface area contributed by atoms with Crippen LogP contribution in [0.15, 0.2) is 48.4 Å². The van der Waals surface area contributed by atoms with Crippen molar-refractivity contribution >= 4 is 34.0 Å². The molecule has 2 aromatic rings. The van der Waals surface area contributed by atoms with Crippen LogP contribution in [0.3, 0.4) is 0 Å². The predicted molar refractivity (Wildman–Crippen MR) is 96.4 cm³/mol. The van der Waals surface area contributed by atoms with Crippen molar-refractivity contribution in [1.82, 2.24) is 4.98 Å². The van der Waals surface area contributed by atoms with E-state index in [1.165, 1.54) is 11.3 Å². The number of amides is 2. The molecule has 0 radical (unpaired) electrons. The van der Waals surface area contributed by atoms with Gasteiger partial charge in [0.2, 0.25) is 11.8 Å². The highest BCUT2D eigenvalue weighted by molar-refractivity contribution is 7.14. The normalized spacial score (nSPS) is 14.0. The zero-order valence-electron chi connectivity index (χ0n) is 13.4. The minimum atomic E-state index is -0.0364. The van der Waals surface area contributed by atoms with Gasteiger partial charge in [-0.05, 0) is 18.6 Å². The van der Waals surface area contributed by atoms with Crippen molar-refractivity contribution in [3.05, 3.63) is 54.1 Å². The van der Waals surface area contributed by atoms with E-state index >= 15 is 0 Å². The summed E-state index contributed by atoms with van der Waals surface area (Å²) < 4.78 is 0. The third-order valence-electron chi connectivity index (χ3n) is 3.86. The van der Waals surface area contributed by atoms with Gasteiger partial charge in [-0.15, -0.1) is 17.9 Å². The van der Waals surface area contributed by atoms with Crippen LogP contribution in [-0.4, -0.2) is 29.9 Å². The summed E-state index contributed by atoms with van der Waals surface area (Å²) in [6.07, 6.45) is 3.37. The molecular weight excluding hydrogens is 322 g/mol. The van der Waals surface area contributed by atoms with Crippen LogP contribution in [0.25, 0.3) is 0 Å². The topological polar surface area (TPSA) is 53.5 Å². The molecule has 1 aromatic heterocycles. The number of rotatable bonds is 6. The molecule has 1 aliphatic rings. The average Bonchev–Trinajstić information content (AvgIpc) is 3.22. The van der Waals surface area contributed by atoms with Gasteiger partial charge in [-0.3, -0.25) is 14.5 Å². The molecule has 2 amide bonds. The Morgan fingerprint density at radius 3 is 2.83 bits per heavy atom. The summed E-state index contributed by atoms with van der Waals surface area (Å²) in [5.74, 6) is 0.0745. The van der Waals surface area contributed by atoms with Crippen LogP contribution < -0.4 is 9.80 Å². The fourth-order valence-corrected chi connectivity index (χ4v) is 3.56. The Morgan fingerprint density at radius 1 is 1.38 bits per heavy atom. The molecule has 0 bridgehead atoms. The van der Waals surface area contributed by atoms with Crippen LogP contribution in [0, 0.1) is 0 Å². The smallest absolute Gasteiger partial charge is 0.233 e. The van der Waals surface area contributed by atoms with Crippen LogP contribution in [0.2, 0.25) is 0 Å². The molecule has 3 rings (SSSR count). The quantitative estimate of drug-likeness (QED) is 0.759. The third-order valence-corrected chi connectivity index (χ3v) is 4.77. The van der Waals surface area contributed by atoms with Crippen LogP contribution in [-0.2, 0) is 16.0 Å². The highest BCUT2D eigenvalue weighted by Crippen LogP contribution is 2.26. The van der Waals surface area contributed by atoms with Gasteiger partial charge in [0.05, 0.1) is 12.1 Å². The van der Waals surface area contributed by atoms with Crippen LogP contribution in [0.1, 0.15) is 18.5 Å². The van der Waals surface area contributed by atoms with Gasteiger partial charge in [-0.1, -0.05) is 24.3 Å². The zero-order valence-corrected chi connectivity index (χ0v) is 14.2. The van der Waals surface area contributed by atoms with E-state index in [0.717, 1.165) is 12.1 Å². The number of benzene rings is 1. The lowest BCUT2D eigenvalue weighted by Crippen LogP contribution is -2.32. The van der Waals surface area contributed by atoms with Gasteiger partial charge in [-0.25, -0.2) is 4.98 Å². The second-order valence-corrected chi connectivity index (χ2v) is 6.41. The molecule has 0 saturated carbocycles. The van der Waals surface area contributed by atoms with E-state index in [2.05, 4.69) is 11.6 Å². The predicted octanol–water partition coefficient (Wildman–Crippen LogP) is 3.03. The van der Waals surface area contributed by atoms with E-state index in [1.807, 2.05) is 35.7 Å². The van der Waals surface area contributed by atoms with Gasteiger partial charge < -0.3 is 4.90 Å². The number of aromatic nitrogens is 1. The maximum Gasteiger partial charge on any atom is 0.233 e. The summed E-state index contributed by atoms with van der Waals surface area (Å²) in [4.78, 5) is 32.3. The van der Waals surface area contributed by atoms with Gasteiger partial charge >= 0.3 is 0 Å². The Morgan fingerprint density at radius 2 is 2.17 bits per heavy atom. The van der Waals surface area contributed by atoms with Crippen molar-refractivity contribution in [1.29, 1.82) is 0 Å². The van der Waals surface area contributed by atoms with Gasteiger partial charge in [0, 0.05) is 30.6 Å². The average molecular weight is 341 g/mol. The van der Waals surface area contributed by atoms with Crippen molar-refractivity contribution in [2.75, 3.05) is 22.9 Å². The van der Waals surface area contributed by atoms with Crippen molar-refractivity contribution in [2.24, 2.45) is 0 Å². The number of anilines is 2. The van der Waals surface area contributed by atoms with E-state index < -0.39 is 0 Å². The maximum atomic E-state index is 12.7. The first-order valence-corrected chi connectivity index (χ1v) is 8.78. The van der Waals surface area contributed by atoms with Crippen LogP contribution in [0.4, 0.5) is 10.8 Å². The number of carbonyl (C=O) groups excluding carboxylic acids is 2. The number of thiazole rings is 1. The van der Waals surface area contributed by atoms with E-state index in [0.29, 0.717) is 30.3 Å². The molecule has 1 aromatic carbocycles. The number of hydrogen-bond acceptors (Lipinski definition) is 4. The lowest BCUT2D eigenvalue weighted by molar-refractivity contribution is -0.118. The van der Waals surface area contributed by atoms with E-state index in [-0.39, 0.29) is 18.2 Å². The molecule has 0 N–H and O–H groups in total. The third kappa shape index (κ3) is 3.54. The minimum absolute atomic E-state index is 0.0364. The van der Waals surface area contributed by atoms with Crippen molar-refractivity contribution < 1.29 is 9.59 Å². The molecule has 24 heavy (non-hydrogen) atoms. The molecule has 1 aliphatic heterocycles. The van der Waals surface area contributed by atoms with Gasteiger partial charge in [0.15, 0.2) is 5.13 Å². The fraction of sp³-hybridized carbons (Fsp3) is 0.278. The monoisotopic (exact) mass is 341 g/mol. The molecule has 0 unspecified atom stereocenters. The largest absolute Gasteiger partial charge is 0.308 e. The Labute approximate surface area is 145 Å². The molecule has 2 heterocycles. The number of nitrogens with zero attached hydrogens (tertiary/aromatic N) is 3. The van der Waals surface area contributed by atoms with E-state index in [4.69, 9.17) is 0 Å². The molecular formula is C18H19N3O2S. The van der Waals surface area contributed by atoms with Gasteiger partial charge in [-0.2, -0.15) is 0 Å². The summed E-state index contributed by atoms with van der Waals surface area (Å²) in [5, 5.41) is 2.55. The van der Waals surface area contributed by atoms with Gasteiger partial charge in [0.25, 0.3) is 0 Å².